The highest BCUT2D eigenvalue weighted by atomic mass is 16.5. The molecule has 2 aromatic carbocycles. The summed E-state index contributed by atoms with van der Waals surface area (Å²) < 4.78 is 5.43. The summed E-state index contributed by atoms with van der Waals surface area (Å²) in [5.74, 6) is -2.20. The molecule has 1 unspecified atom stereocenters. The second kappa shape index (κ2) is 9.11. The lowest BCUT2D eigenvalue weighted by atomic mass is 9.98. The zero-order valence-corrected chi connectivity index (χ0v) is 18.1. The summed E-state index contributed by atoms with van der Waals surface area (Å²) in [5.41, 5.74) is 4.42. The number of nitrogens with zero attached hydrogens (tertiary/aromatic N) is 3. The van der Waals surface area contributed by atoms with Crippen LogP contribution in [-0.4, -0.2) is 62.9 Å². The first-order valence-corrected chi connectivity index (χ1v) is 10.4. The Balaban J connectivity index is 1.39. The third-order valence-electron chi connectivity index (χ3n) is 5.71. The van der Waals surface area contributed by atoms with Crippen LogP contribution in [0.25, 0.3) is 11.1 Å². The van der Waals surface area contributed by atoms with Gasteiger partial charge in [0.1, 0.15) is 12.6 Å². The highest BCUT2D eigenvalue weighted by molar-refractivity contribution is 5.94. The minimum absolute atomic E-state index is 0.0944. The average molecular weight is 449 g/mol. The van der Waals surface area contributed by atoms with Crippen LogP contribution in [0.4, 0.5) is 10.7 Å². The molecule has 4 rings (SSSR count). The predicted molar refractivity (Wildman–Crippen MR) is 119 cm³/mol. The molecule has 1 heterocycles. The lowest BCUT2D eigenvalue weighted by Gasteiger charge is -2.22. The first-order valence-electron chi connectivity index (χ1n) is 10.4. The smallest absolute Gasteiger partial charge is 0.414 e. The van der Waals surface area contributed by atoms with Crippen molar-refractivity contribution < 1.29 is 24.2 Å². The van der Waals surface area contributed by atoms with Crippen LogP contribution in [0.3, 0.4) is 0 Å². The Hall–Kier alpha value is -4.21. The maximum Gasteiger partial charge on any atom is 0.414 e. The van der Waals surface area contributed by atoms with Crippen molar-refractivity contribution >= 4 is 23.9 Å². The summed E-state index contributed by atoms with van der Waals surface area (Å²) in [6, 6.07) is 15.0. The standard InChI is InChI=1S/C23H23N5O5/c1-3-18(21(30)31)28(2)20(29)19-24-22(27-26-19)25-23(32)33-12-17-15-10-6-4-8-13(15)14-9-5-7-11-16(14)17/h4-11,17-18H,3,12H2,1-2H3,(H,30,31)(H2,24,25,26,27,32). The van der Waals surface area contributed by atoms with E-state index in [1.165, 1.54) is 7.05 Å². The number of carboxylic acids is 1. The van der Waals surface area contributed by atoms with Gasteiger partial charge in [-0.15, -0.1) is 5.10 Å². The van der Waals surface area contributed by atoms with Gasteiger partial charge < -0.3 is 14.7 Å². The number of aromatic amines is 1. The number of benzene rings is 2. The highest BCUT2D eigenvalue weighted by Crippen LogP contribution is 2.44. The largest absolute Gasteiger partial charge is 0.480 e. The molecular formula is C23H23N5O5. The zero-order valence-electron chi connectivity index (χ0n) is 18.1. The van der Waals surface area contributed by atoms with Gasteiger partial charge in [0.15, 0.2) is 0 Å². The lowest BCUT2D eigenvalue weighted by Crippen LogP contribution is -2.42. The summed E-state index contributed by atoms with van der Waals surface area (Å²) in [4.78, 5) is 41.1. The molecule has 3 N–H and O–H groups in total. The fourth-order valence-corrected chi connectivity index (χ4v) is 4.06. The monoisotopic (exact) mass is 449 g/mol. The molecule has 0 spiro atoms. The summed E-state index contributed by atoms with van der Waals surface area (Å²) >= 11 is 0. The van der Waals surface area contributed by atoms with Gasteiger partial charge in [-0.1, -0.05) is 55.5 Å². The van der Waals surface area contributed by atoms with E-state index in [0.717, 1.165) is 27.2 Å². The molecule has 0 saturated carbocycles. The Kier molecular flexibility index (Phi) is 6.07. The number of H-pyrrole nitrogens is 1. The Labute approximate surface area is 189 Å². The van der Waals surface area contributed by atoms with Crippen LogP contribution in [0.2, 0.25) is 0 Å². The van der Waals surface area contributed by atoms with Gasteiger partial charge in [0.25, 0.3) is 11.9 Å². The van der Waals surface area contributed by atoms with E-state index in [-0.39, 0.29) is 30.7 Å². The van der Waals surface area contributed by atoms with E-state index in [1.54, 1.807) is 6.92 Å². The van der Waals surface area contributed by atoms with Crippen molar-refractivity contribution in [3.63, 3.8) is 0 Å². The number of carbonyl (C=O) groups excluding carboxylic acids is 2. The van der Waals surface area contributed by atoms with Crippen LogP contribution in [0.15, 0.2) is 48.5 Å². The second-order valence-electron chi connectivity index (χ2n) is 7.64. The van der Waals surface area contributed by atoms with E-state index in [9.17, 15) is 19.5 Å². The number of fused-ring (bicyclic) bond motifs is 3. The van der Waals surface area contributed by atoms with Crippen molar-refractivity contribution in [3.05, 3.63) is 65.5 Å². The number of nitrogens with one attached hydrogen (secondary N) is 2. The van der Waals surface area contributed by atoms with Gasteiger partial charge in [0.2, 0.25) is 5.82 Å². The molecule has 0 radical (unpaired) electrons. The molecule has 1 aliphatic carbocycles. The molecule has 33 heavy (non-hydrogen) atoms. The van der Waals surface area contributed by atoms with Crippen LogP contribution in [0.1, 0.15) is 41.0 Å². The number of carboxylic acid groups (broad SMARTS) is 1. The molecule has 3 aromatic rings. The van der Waals surface area contributed by atoms with Crippen molar-refractivity contribution in [2.45, 2.75) is 25.3 Å². The molecule has 170 valence electrons. The molecule has 0 aliphatic heterocycles. The van der Waals surface area contributed by atoms with Crippen LogP contribution >= 0.6 is 0 Å². The molecule has 0 saturated heterocycles. The molecule has 10 heteroatoms. The fourth-order valence-electron chi connectivity index (χ4n) is 4.06. The van der Waals surface area contributed by atoms with Gasteiger partial charge in [-0.3, -0.25) is 15.2 Å². The number of amides is 2. The van der Waals surface area contributed by atoms with Crippen LogP contribution in [-0.2, 0) is 9.53 Å². The van der Waals surface area contributed by atoms with E-state index in [1.807, 2.05) is 48.5 Å². The van der Waals surface area contributed by atoms with Gasteiger partial charge in [-0.25, -0.2) is 9.59 Å². The van der Waals surface area contributed by atoms with E-state index in [4.69, 9.17) is 4.74 Å². The number of ether oxygens (including phenoxy) is 1. The quantitative estimate of drug-likeness (QED) is 0.504. The van der Waals surface area contributed by atoms with Crippen molar-refractivity contribution in [3.8, 4) is 11.1 Å². The van der Waals surface area contributed by atoms with Crippen molar-refractivity contribution in [1.82, 2.24) is 20.1 Å². The Bertz CT molecular complexity index is 1160. The van der Waals surface area contributed by atoms with Crippen LogP contribution in [0.5, 0.6) is 0 Å². The number of likely N-dealkylation sites (N-methyl/N-ethyl adjacent to an activating group) is 1. The third-order valence-corrected chi connectivity index (χ3v) is 5.71. The number of aromatic nitrogens is 3. The lowest BCUT2D eigenvalue weighted by molar-refractivity contribution is -0.142. The Morgan fingerprint density at radius 2 is 1.73 bits per heavy atom. The maximum absolute atomic E-state index is 12.5. The summed E-state index contributed by atoms with van der Waals surface area (Å²) in [6.45, 7) is 1.78. The zero-order chi connectivity index (χ0) is 23.5. The Morgan fingerprint density at radius 3 is 2.30 bits per heavy atom. The van der Waals surface area contributed by atoms with E-state index < -0.39 is 24.0 Å². The molecule has 10 nitrogen and oxygen atoms in total. The van der Waals surface area contributed by atoms with E-state index >= 15 is 0 Å². The third kappa shape index (κ3) is 4.27. The number of aliphatic carboxylic acids is 1. The van der Waals surface area contributed by atoms with Crippen LogP contribution in [0, 0.1) is 0 Å². The van der Waals surface area contributed by atoms with Gasteiger partial charge >= 0.3 is 12.1 Å². The summed E-state index contributed by atoms with van der Waals surface area (Å²) in [7, 11) is 1.37. The molecule has 2 amide bonds. The van der Waals surface area contributed by atoms with E-state index in [0.29, 0.717) is 0 Å². The molecular weight excluding hydrogens is 426 g/mol. The Morgan fingerprint density at radius 1 is 1.12 bits per heavy atom. The van der Waals surface area contributed by atoms with Gasteiger partial charge in [-0.05, 0) is 28.7 Å². The fraction of sp³-hybridized carbons (Fsp3) is 0.261. The van der Waals surface area contributed by atoms with Gasteiger partial charge in [0, 0.05) is 13.0 Å². The molecule has 0 bridgehead atoms. The SMILES string of the molecule is CCC(C(=O)O)N(C)C(=O)c1nc(NC(=O)OCC2c3ccccc3-c3ccccc32)n[nH]1. The minimum Gasteiger partial charge on any atom is -0.480 e. The first-order chi connectivity index (χ1) is 15.9. The van der Waals surface area contributed by atoms with Gasteiger partial charge in [-0.2, -0.15) is 4.98 Å². The first kappa shape index (κ1) is 22.0. The van der Waals surface area contributed by atoms with Crippen molar-refractivity contribution in [2.24, 2.45) is 0 Å². The molecule has 1 atom stereocenters. The number of carbonyl (C=O) groups is 3. The normalized spacial score (nSPS) is 13.0. The van der Waals surface area contributed by atoms with Crippen LogP contribution < -0.4 is 5.32 Å². The number of anilines is 1. The number of rotatable bonds is 7. The summed E-state index contributed by atoms with van der Waals surface area (Å²) in [6.07, 6.45) is -0.531. The molecule has 1 aromatic heterocycles. The predicted octanol–water partition coefficient (Wildman–Crippen LogP) is 3.10. The van der Waals surface area contributed by atoms with Gasteiger partial charge in [0.05, 0.1) is 0 Å². The van der Waals surface area contributed by atoms with Crippen molar-refractivity contribution in [2.75, 3.05) is 19.0 Å². The number of hydrogen-bond donors (Lipinski definition) is 3. The average Bonchev–Trinajstić information content (AvgIpc) is 3.40. The number of hydrogen-bond acceptors (Lipinski definition) is 6. The molecule has 1 aliphatic rings. The molecule has 0 fully saturated rings. The minimum atomic E-state index is -1.12. The second-order valence-corrected chi connectivity index (χ2v) is 7.64. The maximum atomic E-state index is 12.5. The highest BCUT2D eigenvalue weighted by Gasteiger charge is 2.30. The topological polar surface area (TPSA) is 138 Å². The van der Waals surface area contributed by atoms with Crippen molar-refractivity contribution in [1.29, 1.82) is 0 Å². The summed E-state index contributed by atoms with van der Waals surface area (Å²) in [5, 5.41) is 17.8. The van der Waals surface area contributed by atoms with E-state index in [2.05, 4.69) is 20.5 Å².